The molecule has 1 aromatic heterocycles. The number of fused-ring (bicyclic) bond motifs is 1. The first kappa shape index (κ1) is 21.6. The van der Waals surface area contributed by atoms with Gasteiger partial charge in [-0.1, -0.05) is 32.4 Å². The molecule has 0 spiro atoms. The van der Waals surface area contributed by atoms with Gasteiger partial charge in [-0.15, -0.1) is 0 Å². The van der Waals surface area contributed by atoms with Gasteiger partial charge in [0.25, 0.3) is 0 Å². The highest BCUT2D eigenvalue weighted by molar-refractivity contribution is 6.32. The zero-order valence-corrected chi connectivity index (χ0v) is 16.4. The molecule has 1 aromatic carbocycles. The number of ketones is 1. The molecule has 7 heteroatoms. The van der Waals surface area contributed by atoms with Gasteiger partial charge >= 0.3 is 0 Å². The SMILES string of the molecule is CC.CCC(=O)NCc1cc2cc(Cl)c(OCC(=O)/C=C(/C)N)cc2[nH]1. The Morgan fingerprint density at radius 3 is 2.62 bits per heavy atom. The molecule has 1 heterocycles. The summed E-state index contributed by atoms with van der Waals surface area (Å²) in [6, 6.07) is 5.39. The van der Waals surface area contributed by atoms with Gasteiger partial charge in [-0.05, 0) is 19.1 Å². The van der Waals surface area contributed by atoms with Crippen LogP contribution in [0.4, 0.5) is 0 Å². The van der Waals surface area contributed by atoms with Crippen molar-refractivity contribution in [3.63, 3.8) is 0 Å². The van der Waals surface area contributed by atoms with Crippen LogP contribution in [-0.2, 0) is 16.1 Å². The summed E-state index contributed by atoms with van der Waals surface area (Å²) in [5.41, 5.74) is 7.55. The predicted molar refractivity (Wildman–Crippen MR) is 105 cm³/mol. The van der Waals surface area contributed by atoms with Gasteiger partial charge in [-0.3, -0.25) is 9.59 Å². The van der Waals surface area contributed by atoms with Crippen LogP contribution in [0.2, 0.25) is 5.02 Å². The van der Waals surface area contributed by atoms with E-state index in [2.05, 4.69) is 10.3 Å². The summed E-state index contributed by atoms with van der Waals surface area (Å²) in [6.07, 6.45) is 1.75. The van der Waals surface area contributed by atoms with E-state index in [1.807, 2.05) is 19.9 Å². The first-order valence-electron chi connectivity index (χ1n) is 8.56. The molecule has 0 unspecified atom stereocenters. The Morgan fingerprint density at radius 1 is 1.31 bits per heavy atom. The summed E-state index contributed by atoms with van der Waals surface area (Å²) in [5, 5.41) is 4.11. The molecule has 0 aliphatic heterocycles. The lowest BCUT2D eigenvalue weighted by Crippen LogP contribution is -2.21. The van der Waals surface area contributed by atoms with Gasteiger partial charge in [-0.25, -0.2) is 0 Å². The molecule has 0 fully saturated rings. The van der Waals surface area contributed by atoms with Gasteiger partial charge in [0.05, 0.1) is 11.6 Å². The van der Waals surface area contributed by atoms with E-state index in [-0.39, 0.29) is 18.3 Å². The fourth-order valence-electron chi connectivity index (χ4n) is 2.16. The van der Waals surface area contributed by atoms with Crippen molar-refractivity contribution in [1.29, 1.82) is 0 Å². The Balaban J connectivity index is 0.00000163. The molecule has 0 aliphatic carbocycles. The van der Waals surface area contributed by atoms with Gasteiger partial charge in [0.1, 0.15) is 5.75 Å². The highest BCUT2D eigenvalue weighted by Gasteiger charge is 2.09. The number of aromatic nitrogens is 1. The lowest BCUT2D eigenvalue weighted by Gasteiger charge is -2.06. The fraction of sp³-hybridized carbons (Fsp3) is 0.368. The molecular formula is C19H26ClN3O3. The highest BCUT2D eigenvalue weighted by Crippen LogP contribution is 2.30. The molecule has 6 nitrogen and oxygen atoms in total. The van der Waals surface area contributed by atoms with Crippen molar-refractivity contribution in [3.8, 4) is 5.75 Å². The van der Waals surface area contributed by atoms with Gasteiger partial charge in [0, 0.05) is 40.9 Å². The number of ether oxygens (including phenoxy) is 1. The summed E-state index contributed by atoms with van der Waals surface area (Å²) < 4.78 is 5.46. The molecule has 0 atom stereocenters. The second-order valence-electron chi connectivity index (χ2n) is 5.44. The molecular weight excluding hydrogens is 354 g/mol. The molecule has 0 radical (unpaired) electrons. The molecule has 0 saturated heterocycles. The van der Waals surface area contributed by atoms with Crippen LogP contribution in [-0.4, -0.2) is 23.3 Å². The minimum Gasteiger partial charge on any atom is -0.484 e. The van der Waals surface area contributed by atoms with E-state index >= 15 is 0 Å². The van der Waals surface area contributed by atoms with E-state index in [0.29, 0.717) is 29.4 Å². The predicted octanol–water partition coefficient (Wildman–Crippen LogP) is 3.68. The highest BCUT2D eigenvalue weighted by atomic mass is 35.5. The third kappa shape index (κ3) is 6.44. The quantitative estimate of drug-likeness (QED) is 0.639. The third-order valence-corrected chi connectivity index (χ3v) is 3.58. The standard InChI is InChI=1S/C17H20ClN3O3.C2H6/c1-3-17(23)20-8-12-5-11-6-14(18)16(7-15(11)21-12)24-9-13(22)4-10(2)19;1-2/h4-7,21H,3,8-9,19H2,1-2H3,(H,20,23);1-2H3/b10-4-;. The van der Waals surface area contributed by atoms with Gasteiger partial charge < -0.3 is 20.8 Å². The molecule has 0 aliphatic rings. The van der Waals surface area contributed by atoms with Crippen LogP contribution in [0.15, 0.2) is 30.0 Å². The third-order valence-electron chi connectivity index (χ3n) is 3.28. The van der Waals surface area contributed by atoms with E-state index in [1.165, 1.54) is 6.08 Å². The van der Waals surface area contributed by atoms with Crippen molar-refractivity contribution < 1.29 is 14.3 Å². The zero-order chi connectivity index (χ0) is 19.7. The lowest BCUT2D eigenvalue weighted by atomic mass is 10.2. The van der Waals surface area contributed by atoms with Crippen LogP contribution >= 0.6 is 11.6 Å². The number of rotatable bonds is 7. The maximum Gasteiger partial charge on any atom is 0.220 e. The van der Waals surface area contributed by atoms with Crippen molar-refractivity contribution >= 4 is 34.2 Å². The average Bonchev–Trinajstić information content (AvgIpc) is 3.00. The summed E-state index contributed by atoms with van der Waals surface area (Å²) in [5.74, 6) is 0.157. The van der Waals surface area contributed by atoms with E-state index in [4.69, 9.17) is 22.1 Å². The number of H-pyrrole nitrogens is 1. The van der Waals surface area contributed by atoms with Crippen LogP contribution in [0.1, 0.15) is 39.8 Å². The summed E-state index contributed by atoms with van der Waals surface area (Å²) in [4.78, 5) is 26.1. The fourth-order valence-corrected chi connectivity index (χ4v) is 2.39. The number of carbonyl (C=O) groups is 2. The second-order valence-corrected chi connectivity index (χ2v) is 5.85. The number of hydrogen-bond acceptors (Lipinski definition) is 4. The Labute approximate surface area is 158 Å². The number of aromatic amines is 1. The van der Waals surface area contributed by atoms with Crippen LogP contribution in [0, 0.1) is 0 Å². The Morgan fingerprint density at radius 2 is 2.00 bits per heavy atom. The summed E-state index contributed by atoms with van der Waals surface area (Å²) >= 11 is 6.19. The Bertz CT molecular complexity index is 793. The molecule has 2 rings (SSSR count). The van der Waals surface area contributed by atoms with E-state index < -0.39 is 0 Å². The second kappa shape index (κ2) is 10.5. The summed E-state index contributed by atoms with van der Waals surface area (Å²) in [7, 11) is 0. The zero-order valence-electron chi connectivity index (χ0n) is 15.6. The van der Waals surface area contributed by atoms with E-state index in [9.17, 15) is 9.59 Å². The molecule has 1 amide bonds. The van der Waals surface area contributed by atoms with Gasteiger partial charge in [0.15, 0.2) is 12.4 Å². The first-order valence-corrected chi connectivity index (χ1v) is 8.94. The number of nitrogens with one attached hydrogen (secondary N) is 2. The van der Waals surface area contributed by atoms with Crippen molar-refractivity contribution in [2.75, 3.05) is 6.61 Å². The van der Waals surface area contributed by atoms with Crippen LogP contribution < -0.4 is 15.8 Å². The average molecular weight is 380 g/mol. The smallest absolute Gasteiger partial charge is 0.220 e. The van der Waals surface area contributed by atoms with Crippen LogP contribution in [0.25, 0.3) is 10.9 Å². The van der Waals surface area contributed by atoms with Crippen molar-refractivity contribution in [2.24, 2.45) is 5.73 Å². The number of allylic oxidation sites excluding steroid dienone is 1. The minimum absolute atomic E-state index is 0.0162. The number of benzene rings is 1. The van der Waals surface area contributed by atoms with E-state index in [0.717, 1.165) is 16.6 Å². The molecule has 0 bridgehead atoms. The van der Waals surface area contributed by atoms with Crippen LogP contribution in [0.5, 0.6) is 5.75 Å². The molecule has 0 saturated carbocycles. The first-order chi connectivity index (χ1) is 12.4. The van der Waals surface area contributed by atoms with Crippen molar-refractivity contribution in [1.82, 2.24) is 10.3 Å². The summed E-state index contributed by atoms with van der Waals surface area (Å²) in [6.45, 7) is 7.70. The Hall–Kier alpha value is -2.47. The maximum atomic E-state index is 11.6. The molecule has 2 aromatic rings. The van der Waals surface area contributed by atoms with E-state index in [1.54, 1.807) is 26.0 Å². The monoisotopic (exact) mass is 379 g/mol. The maximum absolute atomic E-state index is 11.6. The topological polar surface area (TPSA) is 97.2 Å². The normalized spacial score (nSPS) is 10.9. The number of halogens is 1. The molecule has 142 valence electrons. The number of hydrogen-bond donors (Lipinski definition) is 3. The lowest BCUT2D eigenvalue weighted by molar-refractivity contribution is -0.121. The number of amides is 1. The van der Waals surface area contributed by atoms with Gasteiger partial charge in [0.2, 0.25) is 5.91 Å². The van der Waals surface area contributed by atoms with Crippen molar-refractivity contribution in [2.45, 2.75) is 40.7 Å². The number of nitrogens with two attached hydrogens (primary N) is 1. The Kier molecular flexibility index (Phi) is 8.72. The van der Waals surface area contributed by atoms with Gasteiger partial charge in [-0.2, -0.15) is 0 Å². The number of carbonyl (C=O) groups excluding carboxylic acids is 2. The molecule has 26 heavy (non-hydrogen) atoms. The molecule has 4 N–H and O–H groups in total. The largest absolute Gasteiger partial charge is 0.484 e. The van der Waals surface area contributed by atoms with Crippen LogP contribution in [0.3, 0.4) is 0 Å². The van der Waals surface area contributed by atoms with Crippen molar-refractivity contribution in [3.05, 3.63) is 40.7 Å². The minimum atomic E-state index is -0.236.